The van der Waals surface area contributed by atoms with Crippen molar-refractivity contribution in [3.63, 3.8) is 0 Å². The van der Waals surface area contributed by atoms with E-state index in [9.17, 15) is 18.8 Å². The Bertz CT molecular complexity index is 1050. The Labute approximate surface area is 177 Å². The first-order chi connectivity index (χ1) is 14.5. The fourth-order valence-corrected chi connectivity index (χ4v) is 5.01. The van der Waals surface area contributed by atoms with E-state index in [-0.39, 0.29) is 41.3 Å². The third-order valence-electron chi connectivity index (χ3n) is 6.29. The van der Waals surface area contributed by atoms with Crippen LogP contribution in [0.4, 0.5) is 4.39 Å². The van der Waals surface area contributed by atoms with Gasteiger partial charge in [-0.05, 0) is 48.6 Å². The predicted molar refractivity (Wildman–Crippen MR) is 107 cm³/mol. The molecule has 0 radical (unpaired) electrons. The highest BCUT2D eigenvalue weighted by molar-refractivity contribution is 6.30. The summed E-state index contributed by atoms with van der Waals surface area (Å²) in [5.41, 5.74) is 0.480. The Kier molecular flexibility index (Phi) is 4.47. The predicted octanol–water partition coefficient (Wildman–Crippen LogP) is 3.84. The topological polar surface area (TPSA) is 57.7 Å². The monoisotopic (exact) mass is 424 g/mol. The average molecular weight is 425 g/mol. The Morgan fingerprint density at radius 3 is 2.20 bits per heavy atom. The van der Waals surface area contributed by atoms with E-state index in [4.69, 9.17) is 11.6 Å². The molecule has 30 heavy (non-hydrogen) atoms. The third kappa shape index (κ3) is 2.86. The Balaban J connectivity index is 1.53. The molecule has 0 aromatic heterocycles. The Morgan fingerprint density at radius 1 is 1.00 bits per heavy atom. The zero-order valence-electron chi connectivity index (χ0n) is 15.9. The summed E-state index contributed by atoms with van der Waals surface area (Å²) in [6.45, 7) is -0.228. The number of rotatable bonds is 4. The molecule has 2 aliphatic carbocycles. The van der Waals surface area contributed by atoms with E-state index in [0.29, 0.717) is 5.02 Å². The van der Waals surface area contributed by atoms with Gasteiger partial charge in [0.1, 0.15) is 5.82 Å². The molecule has 152 valence electrons. The minimum absolute atomic E-state index is 0.0161. The van der Waals surface area contributed by atoms with Gasteiger partial charge in [0.2, 0.25) is 0 Å². The summed E-state index contributed by atoms with van der Waals surface area (Å²) in [6, 6.07) is 12.2. The molecule has 5 rings (SSSR count). The highest BCUT2D eigenvalue weighted by Crippen LogP contribution is 2.52. The Hall–Kier alpha value is -2.99. The summed E-state index contributed by atoms with van der Waals surface area (Å²) in [5, 5.41) is 2.48. The van der Waals surface area contributed by atoms with Gasteiger partial charge in [0.25, 0.3) is 17.7 Å². The zero-order valence-corrected chi connectivity index (χ0v) is 16.6. The van der Waals surface area contributed by atoms with Crippen molar-refractivity contribution in [3.05, 3.63) is 82.6 Å². The van der Waals surface area contributed by atoms with Crippen LogP contribution in [-0.4, -0.2) is 27.7 Å². The van der Waals surface area contributed by atoms with Crippen LogP contribution in [0.15, 0.2) is 60.7 Å². The van der Waals surface area contributed by atoms with Crippen molar-refractivity contribution < 1.29 is 18.8 Å². The van der Waals surface area contributed by atoms with Crippen LogP contribution < -0.4 is 0 Å². The summed E-state index contributed by atoms with van der Waals surface area (Å²) in [6.07, 6.45) is 4.77. The third-order valence-corrected chi connectivity index (χ3v) is 6.54. The van der Waals surface area contributed by atoms with Crippen molar-refractivity contribution in [2.24, 2.45) is 23.7 Å². The Morgan fingerprint density at radius 2 is 1.60 bits per heavy atom. The van der Waals surface area contributed by atoms with Crippen LogP contribution in [0.2, 0.25) is 5.02 Å². The van der Waals surface area contributed by atoms with E-state index < -0.39 is 23.6 Å². The van der Waals surface area contributed by atoms with Crippen LogP contribution >= 0.6 is 11.6 Å². The van der Waals surface area contributed by atoms with Crippen LogP contribution in [0.3, 0.4) is 0 Å². The van der Waals surface area contributed by atoms with Crippen molar-refractivity contribution in [1.29, 1.82) is 0 Å². The van der Waals surface area contributed by atoms with Crippen molar-refractivity contribution in [1.82, 2.24) is 10.0 Å². The van der Waals surface area contributed by atoms with Gasteiger partial charge >= 0.3 is 0 Å². The van der Waals surface area contributed by atoms with Gasteiger partial charge < -0.3 is 0 Å². The van der Waals surface area contributed by atoms with Gasteiger partial charge in [-0.2, -0.15) is 5.01 Å². The quantitative estimate of drug-likeness (QED) is 0.553. The maximum absolute atomic E-state index is 14.4. The van der Waals surface area contributed by atoms with Gasteiger partial charge in [-0.15, -0.1) is 0 Å². The number of hydrazine groups is 1. The first-order valence-electron chi connectivity index (χ1n) is 9.82. The van der Waals surface area contributed by atoms with Gasteiger partial charge in [-0.25, -0.2) is 9.40 Å². The number of allylic oxidation sites excluding steroid dienone is 2. The van der Waals surface area contributed by atoms with E-state index in [1.807, 2.05) is 12.2 Å². The fourth-order valence-electron chi connectivity index (χ4n) is 4.89. The minimum Gasteiger partial charge on any atom is -0.272 e. The van der Waals surface area contributed by atoms with Crippen molar-refractivity contribution >= 4 is 29.3 Å². The molecule has 0 unspecified atom stereocenters. The average Bonchev–Trinajstić information content (AvgIpc) is 3.42. The van der Waals surface area contributed by atoms with E-state index in [1.54, 1.807) is 24.3 Å². The molecule has 0 N–H and O–H groups in total. The number of hydrogen-bond donors (Lipinski definition) is 0. The van der Waals surface area contributed by atoms with Crippen LogP contribution in [0.25, 0.3) is 0 Å². The number of fused-ring (bicyclic) bond motifs is 5. The minimum atomic E-state index is -0.558. The summed E-state index contributed by atoms with van der Waals surface area (Å²) in [7, 11) is 0. The maximum atomic E-state index is 14.4. The molecular formula is C23H18ClFN2O3. The van der Waals surface area contributed by atoms with Gasteiger partial charge in [0.05, 0.1) is 18.4 Å². The smallest absolute Gasteiger partial charge is 0.272 e. The van der Waals surface area contributed by atoms with E-state index in [2.05, 4.69) is 0 Å². The molecule has 1 saturated heterocycles. The second-order valence-corrected chi connectivity index (χ2v) is 8.39. The van der Waals surface area contributed by atoms with Crippen molar-refractivity contribution in [2.45, 2.75) is 13.0 Å². The summed E-state index contributed by atoms with van der Waals surface area (Å²) >= 11 is 5.92. The molecule has 2 bridgehead atoms. The van der Waals surface area contributed by atoms with Gasteiger partial charge in [0, 0.05) is 16.1 Å². The van der Waals surface area contributed by atoms with E-state index >= 15 is 0 Å². The lowest BCUT2D eigenvalue weighted by atomic mass is 9.85. The first-order valence-corrected chi connectivity index (χ1v) is 10.2. The summed E-state index contributed by atoms with van der Waals surface area (Å²) in [4.78, 5) is 39.9. The molecule has 2 fully saturated rings. The number of benzene rings is 2. The first kappa shape index (κ1) is 19.0. The molecule has 1 saturated carbocycles. The number of nitrogens with zero attached hydrogens (tertiary/aromatic N) is 2. The van der Waals surface area contributed by atoms with Gasteiger partial charge in [-0.3, -0.25) is 14.4 Å². The van der Waals surface area contributed by atoms with Crippen LogP contribution in [0, 0.1) is 29.5 Å². The van der Waals surface area contributed by atoms with Crippen LogP contribution in [0.5, 0.6) is 0 Å². The molecule has 4 atom stereocenters. The number of amides is 3. The standard InChI is InChI=1S/C23H18ClFN2O3/c24-17-9-7-13(8-10-17)21(28)26(12-16-3-1-2-4-18(16)25)27-22(29)19-14-5-6-15(11-14)20(19)23(27)30/h1-10,14-15,19-20H,11-12H2/t14-,15+,19-,20+. The number of halogens is 2. The molecule has 5 nitrogen and oxygen atoms in total. The van der Waals surface area contributed by atoms with Crippen LogP contribution in [0.1, 0.15) is 22.3 Å². The van der Waals surface area contributed by atoms with E-state index in [1.165, 1.54) is 24.3 Å². The molecule has 1 aliphatic heterocycles. The largest absolute Gasteiger partial charge is 0.273 e. The van der Waals surface area contributed by atoms with Crippen LogP contribution in [-0.2, 0) is 16.1 Å². The number of carbonyl (C=O) groups excluding carboxylic acids is 3. The molecule has 2 aromatic carbocycles. The number of imide groups is 1. The fraction of sp³-hybridized carbons (Fsp3) is 0.261. The molecule has 3 aliphatic rings. The van der Waals surface area contributed by atoms with Crippen molar-refractivity contribution in [2.75, 3.05) is 0 Å². The highest BCUT2D eigenvalue weighted by Gasteiger charge is 2.61. The highest BCUT2D eigenvalue weighted by atomic mass is 35.5. The molecule has 0 spiro atoms. The zero-order chi connectivity index (χ0) is 21.0. The summed E-state index contributed by atoms with van der Waals surface area (Å²) < 4.78 is 14.4. The van der Waals surface area contributed by atoms with Gasteiger partial charge in [0.15, 0.2) is 0 Å². The van der Waals surface area contributed by atoms with E-state index in [0.717, 1.165) is 16.4 Å². The second kappa shape index (κ2) is 7.06. The lowest BCUT2D eigenvalue weighted by Gasteiger charge is -2.31. The maximum Gasteiger partial charge on any atom is 0.273 e. The molecular weight excluding hydrogens is 407 g/mol. The normalized spacial score (nSPS) is 26.4. The SMILES string of the molecule is O=C(c1ccc(Cl)cc1)N(Cc1ccccc1F)N1C(=O)[C@@H]2[C@H](C1=O)[C@@H]1C=C[C@H]2C1. The number of carbonyl (C=O) groups is 3. The second-order valence-electron chi connectivity index (χ2n) is 7.95. The lowest BCUT2D eigenvalue weighted by Crippen LogP contribution is -2.50. The van der Waals surface area contributed by atoms with Gasteiger partial charge in [-0.1, -0.05) is 42.0 Å². The molecule has 3 amide bonds. The molecule has 2 aromatic rings. The molecule has 7 heteroatoms. The lowest BCUT2D eigenvalue weighted by molar-refractivity contribution is -0.156. The summed E-state index contributed by atoms with van der Waals surface area (Å²) in [5.74, 6) is -2.71. The van der Waals surface area contributed by atoms with Crippen molar-refractivity contribution in [3.8, 4) is 0 Å². The number of hydrogen-bond acceptors (Lipinski definition) is 3. The molecule has 1 heterocycles.